The van der Waals surface area contributed by atoms with Crippen LogP contribution in [0, 0.1) is 6.92 Å². The smallest absolute Gasteiger partial charge is 0.406 e. The summed E-state index contributed by atoms with van der Waals surface area (Å²) in [4.78, 5) is 14.3. The molecule has 2 aromatic rings. The second-order valence-corrected chi connectivity index (χ2v) is 9.04. The van der Waals surface area contributed by atoms with Gasteiger partial charge in [-0.3, -0.25) is 4.79 Å². The maximum absolute atomic E-state index is 12.7. The second kappa shape index (κ2) is 9.27. The molecule has 1 saturated heterocycles. The molecule has 0 spiro atoms. The number of benzene rings is 2. The van der Waals surface area contributed by atoms with Gasteiger partial charge in [0.15, 0.2) is 0 Å². The van der Waals surface area contributed by atoms with E-state index < -0.39 is 22.1 Å². The van der Waals surface area contributed by atoms with Crippen LogP contribution >= 0.6 is 0 Å². The van der Waals surface area contributed by atoms with E-state index >= 15 is 0 Å². The molecule has 1 amide bonds. The van der Waals surface area contributed by atoms with Crippen LogP contribution in [-0.2, 0) is 14.8 Å². The Labute approximate surface area is 179 Å². The van der Waals surface area contributed by atoms with Crippen molar-refractivity contribution in [2.24, 2.45) is 0 Å². The highest BCUT2D eigenvalue weighted by molar-refractivity contribution is 7.89. The molecule has 0 saturated carbocycles. The van der Waals surface area contributed by atoms with E-state index in [9.17, 15) is 26.4 Å². The summed E-state index contributed by atoms with van der Waals surface area (Å²) in [5, 5.41) is 0. The first-order chi connectivity index (χ1) is 14.6. The maximum atomic E-state index is 12.7. The minimum absolute atomic E-state index is 0.0170. The average molecular weight is 456 g/mol. The molecule has 1 aliphatic rings. The lowest BCUT2D eigenvalue weighted by molar-refractivity contribution is -0.274. The van der Waals surface area contributed by atoms with Crippen molar-refractivity contribution in [2.75, 3.05) is 13.1 Å². The highest BCUT2D eigenvalue weighted by Gasteiger charge is 2.32. The lowest BCUT2D eigenvalue weighted by atomic mass is 9.99. The molecule has 1 fully saturated rings. The Bertz CT molecular complexity index is 1020. The third-order valence-corrected chi connectivity index (χ3v) is 6.60. The first-order valence-corrected chi connectivity index (χ1v) is 11.3. The predicted octanol–water partition coefficient (Wildman–Crippen LogP) is 3.93. The number of carbonyl (C=O) groups is 1. The van der Waals surface area contributed by atoms with Crippen molar-refractivity contribution >= 4 is 15.9 Å². The summed E-state index contributed by atoms with van der Waals surface area (Å²) in [6.07, 6.45) is -3.14. The van der Waals surface area contributed by atoms with E-state index in [1.54, 1.807) is 4.90 Å². The van der Waals surface area contributed by atoms with E-state index in [0.717, 1.165) is 48.2 Å². The van der Waals surface area contributed by atoms with E-state index in [1.165, 1.54) is 0 Å². The van der Waals surface area contributed by atoms with E-state index in [2.05, 4.69) is 9.46 Å². The van der Waals surface area contributed by atoms with Crippen molar-refractivity contribution in [3.63, 3.8) is 0 Å². The number of rotatable bonds is 7. The average Bonchev–Trinajstić information content (AvgIpc) is 3.17. The molecule has 31 heavy (non-hydrogen) atoms. The molecule has 168 valence electrons. The molecule has 1 atom stereocenters. The Kier molecular flexibility index (Phi) is 6.90. The number of aryl methyl sites for hydroxylation is 1. The van der Waals surface area contributed by atoms with Crippen LogP contribution in [0.1, 0.15) is 36.4 Å². The molecular formula is C21H23F3N2O4S. The highest BCUT2D eigenvalue weighted by Crippen LogP contribution is 2.34. The number of amides is 1. The molecule has 0 bridgehead atoms. The molecule has 1 heterocycles. The molecular weight excluding hydrogens is 433 g/mol. The molecule has 1 aliphatic heterocycles. The lowest BCUT2D eigenvalue weighted by Gasteiger charge is -2.26. The van der Waals surface area contributed by atoms with Gasteiger partial charge in [0.2, 0.25) is 15.9 Å². The lowest BCUT2D eigenvalue weighted by Crippen LogP contribution is -2.34. The standard InChI is InChI=1S/C21H23F3N2O4S/c1-15-5-2-3-6-18(15)19-7-4-14-26(19)20(27)12-13-25-31(28,29)17-10-8-16(9-11-17)30-21(22,23)24/h2-3,5-6,8-11,19,25H,4,7,12-14H2,1H3. The summed E-state index contributed by atoms with van der Waals surface area (Å²) in [5.41, 5.74) is 2.20. The van der Waals surface area contributed by atoms with Crippen molar-refractivity contribution in [1.29, 1.82) is 0 Å². The van der Waals surface area contributed by atoms with Crippen molar-refractivity contribution < 1.29 is 31.1 Å². The van der Waals surface area contributed by atoms with Crippen LogP contribution in [0.15, 0.2) is 53.4 Å². The molecule has 2 aromatic carbocycles. The normalized spacial score (nSPS) is 17.0. The number of nitrogens with zero attached hydrogens (tertiary/aromatic N) is 1. The number of ether oxygens (including phenoxy) is 1. The van der Waals surface area contributed by atoms with Gasteiger partial charge in [-0.2, -0.15) is 0 Å². The monoisotopic (exact) mass is 456 g/mol. The van der Waals surface area contributed by atoms with Gasteiger partial charge in [0.1, 0.15) is 5.75 Å². The van der Waals surface area contributed by atoms with Crippen LogP contribution < -0.4 is 9.46 Å². The van der Waals surface area contributed by atoms with E-state index in [4.69, 9.17) is 0 Å². The van der Waals surface area contributed by atoms with Crippen LogP contribution in [0.2, 0.25) is 0 Å². The van der Waals surface area contributed by atoms with Crippen LogP contribution in [0.3, 0.4) is 0 Å². The third kappa shape index (κ3) is 5.98. The third-order valence-electron chi connectivity index (χ3n) is 5.12. The van der Waals surface area contributed by atoms with Crippen LogP contribution in [-0.4, -0.2) is 38.7 Å². The van der Waals surface area contributed by atoms with Crippen molar-refractivity contribution in [3.05, 3.63) is 59.7 Å². The number of alkyl halides is 3. The summed E-state index contributed by atoms with van der Waals surface area (Å²) < 4.78 is 67.4. The topological polar surface area (TPSA) is 75.7 Å². The molecule has 1 N–H and O–H groups in total. The van der Waals surface area contributed by atoms with E-state index in [-0.39, 0.29) is 29.8 Å². The maximum Gasteiger partial charge on any atom is 0.573 e. The van der Waals surface area contributed by atoms with Crippen LogP contribution in [0.5, 0.6) is 5.75 Å². The number of hydrogen-bond donors (Lipinski definition) is 1. The van der Waals surface area contributed by atoms with Gasteiger partial charge in [-0.15, -0.1) is 13.2 Å². The molecule has 0 aliphatic carbocycles. The summed E-state index contributed by atoms with van der Waals surface area (Å²) in [5.74, 6) is -0.666. The van der Waals surface area contributed by atoms with Crippen molar-refractivity contribution in [3.8, 4) is 5.75 Å². The fraction of sp³-hybridized carbons (Fsp3) is 0.381. The van der Waals surface area contributed by atoms with Crippen LogP contribution in [0.4, 0.5) is 13.2 Å². The fourth-order valence-corrected chi connectivity index (χ4v) is 4.72. The summed E-state index contributed by atoms with van der Waals surface area (Å²) in [6, 6.07) is 11.7. The number of sulfonamides is 1. The zero-order valence-electron chi connectivity index (χ0n) is 16.9. The molecule has 6 nitrogen and oxygen atoms in total. The van der Waals surface area contributed by atoms with E-state index in [1.807, 2.05) is 31.2 Å². The van der Waals surface area contributed by atoms with Gasteiger partial charge >= 0.3 is 6.36 Å². The van der Waals surface area contributed by atoms with Gasteiger partial charge in [-0.05, 0) is 55.2 Å². The number of likely N-dealkylation sites (tertiary alicyclic amines) is 1. The Morgan fingerprint density at radius 1 is 1.16 bits per heavy atom. The SMILES string of the molecule is Cc1ccccc1C1CCCN1C(=O)CCNS(=O)(=O)c1ccc(OC(F)(F)F)cc1. The number of carbonyl (C=O) groups excluding carboxylic acids is 1. The first-order valence-electron chi connectivity index (χ1n) is 9.77. The van der Waals surface area contributed by atoms with Crippen LogP contribution in [0.25, 0.3) is 0 Å². The first kappa shape index (κ1) is 23.1. The zero-order chi connectivity index (χ0) is 22.6. The minimum Gasteiger partial charge on any atom is -0.406 e. The fourth-order valence-electron chi connectivity index (χ4n) is 3.69. The minimum atomic E-state index is -4.86. The summed E-state index contributed by atoms with van der Waals surface area (Å²) in [7, 11) is -3.97. The molecule has 1 unspecified atom stereocenters. The highest BCUT2D eigenvalue weighted by atomic mass is 32.2. The summed E-state index contributed by atoms with van der Waals surface area (Å²) in [6.45, 7) is 2.50. The Hall–Kier alpha value is -2.59. The van der Waals surface area contributed by atoms with Gasteiger partial charge in [-0.25, -0.2) is 13.1 Å². The second-order valence-electron chi connectivity index (χ2n) is 7.27. The molecule has 10 heteroatoms. The van der Waals surface area contributed by atoms with Gasteiger partial charge in [-0.1, -0.05) is 24.3 Å². The molecule has 0 radical (unpaired) electrons. The van der Waals surface area contributed by atoms with E-state index in [0.29, 0.717) is 6.54 Å². The number of nitrogens with one attached hydrogen (secondary N) is 1. The zero-order valence-corrected chi connectivity index (χ0v) is 17.7. The van der Waals surface area contributed by atoms with Gasteiger partial charge in [0, 0.05) is 19.5 Å². The van der Waals surface area contributed by atoms with Gasteiger partial charge < -0.3 is 9.64 Å². The number of halogens is 3. The van der Waals surface area contributed by atoms with Gasteiger partial charge in [0.05, 0.1) is 10.9 Å². The van der Waals surface area contributed by atoms with Gasteiger partial charge in [0.25, 0.3) is 0 Å². The molecule has 3 rings (SSSR count). The molecule has 0 aromatic heterocycles. The largest absolute Gasteiger partial charge is 0.573 e. The summed E-state index contributed by atoms with van der Waals surface area (Å²) >= 11 is 0. The Balaban J connectivity index is 1.57. The Morgan fingerprint density at radius 3 is 2.48 bits per heavy atom. The van der Waals surface area contributed by atoms with Crippen molar-refractivity contribution in [1.82, 2.24) is 9.62 Å². The number of hydrogen-bond acceptors (Lipinski definition) is 4. The predicted molar refractivity (Wildman–Crippen MR) is 108 cm³/mol. The Morgan fingerprint density at radius 2 is 1.84 bits per heavy atom. The quantitative estimate of drug-likeness (QED) is 0.685. The van der Waals surface area contributed by atoms with Crippen molar-refractivity contribution in [2.45, 2.75) is 43.5 Å².